The Morgan fingerprint density at radius 1 is 1.11 bits per heavy atom. The van der Waals surface area contributed by atoms with E-state index in [1.165, 1.54) is 38.5 Å². The van der Waals surface area contributed by atoms with Gasteiger partial charge in [-0.3, -0.25) is 4.79 Å². The number of amides is 1. The first kappa shape index (κ1) is 13.4. The number of fused-ring (bicyclic) bond motifs is 1. The minimum absolute atomic E-state index is 0.115. The van der Waals surface area contributed by atoms with Crippen LogP contribution in [0, 0.1) is 11.8 Å². The van der Waals surface area contributed by atoms with Gasteiger partial charge in [0.25, 0.3) is 0 Å². The molecule has 1 N–H and O–H groups in total. The molecule has 3 fully saturated rings. The Morgan fingerprint density at radius 2 is 1.89 bits per heavy atom. The second kappa shape index (κ2) is 5.43. The summed E-state index contributed by atoms with van der Waals surface area (Å²) in [6.45, 7) is 5.49. The van der Waals surface area contributed by atoms with Gasteiger partial charge in [-0.05, 0) is 50.9 Å². The molecule has 3 rings (SSSR count). The molecule has 108 valence electrons. The number of hydrogen-bond acceptors (Lipinski definition) is 2. The van der Waals surface area contributed by atoms with Crippen LogP contribution in [-0.2, 0) is 4.79 Å². The van der Waals surface area contributed by atoms with Gasteiger partial charge < -0.3 is 10.2 Å². The molecular weight excluding hydrogens is 236 g/mol. The van der Waals surface area contributed by atoms with Gasteiger partial charge in [0.1, 0.15) is 0 Å². The molecule has 0 aromatic rings. The highest BCUT2D eigenvalue weighted by atomic mass is 16.2. The average Bonchev–Trinajstić information content (AvgIpc) is 2.81. The summed E-state index contributed by atoms with van der Waals surface area (Å²) in [4.78, 5) is 14.9. The van der Waals surface area contributed by atoms with Crippen LogP contribution in [-0.4, -0.2) is 35.5 Å². The highest BCUT2D eigenvalue weighted by Gasteiger charge is 2.41. The minimum atomic E-state index is 0.115. The SMILES string of the molecule is CC1CCN(C(=O)C2CC3CCCCC3N2)C(C)C1. The fraction of sp³-hybridized carbons (Fsp3) is 0.938. The zero-order valence-electron chi connectivity index (χ0n) is 12.4. The third-order valence-corrected chi connectivity index (χ3v) is 5.58. The first-order valence-electron chi connectivity index (χ1n) is 8.21. The maximum absolute atomic E-state index is 12.7. The predicted octanol–water partition coefficient (Wildman–Crippen LogP) is 2.55. The van der Waals surface area contributed by atoms with E-state index in [4.69, 9.17) is 0 Å². The number of carbonyl (C=O) groups excluding carboxylic acids is 1. The lowest BCUT2D eigenvalue weighted by atomic mass is 9.85. The number of carbonyl (C=O) groups is 1. The number of hydrogen-bond donors (Lipinski definition) is 1. The van der Waals surface area contributed by atoms with Crippen molar-refractivity contribution in [1.29, 1.82) is 0 Å². The molecule has 19 heavy (non-hydrogen) atoms. The van der Waals surface area contributed by atoms with Crippen LogP contribution in [0.4, 0.5) is 0 Å². The molecule has 3 nitrogen and oxygen atoms in total. The Kier molecular flexibility index (Phi) is 3.84. The molecule has 3 heteroatoms. The van der Waals surface area contributed by atoms with E-state index < -0.39 is 0 Å². The third-order valence-electron chi connectivity index (χ3n) is 5.58. The van der Waals surface area contributed by atoms with E-state index in [9.17, 15) is 4.79 Å². The lowest BCUT2D eigenvalue weighted by molar-refractivity contribution is -0.137. The van der Waals surface area contributed by atoms with Crippen molar-refractivity contribution in [2.24, 2.45) is 11.8 Å². The standard InChI is InChI=1S/C16H28N2O/c1-11-7-8-18(12(2)9-11)16(19)15-10-13-5-3-4-6-14(13)17-15/h11-15,17H,3-10H2,1-2H3. The van der Waals surface area contributed by atoms with E-state index >= 15 is 0 Å². The van der Waals surface area contributed by atoms with Crippen molar-refractivity contribution in [3.8, 4) is 0 Å². The van der Waals surface area contributed by atoms with Gasteiger partial charge in [0.05, 0.1) is 6.04 Å². The number of piperidine rings is 1. The van der Waals surface area contributed by atoms with Crippen LogP contribution in [0.1, 0.15) is 58.8 Å². The fourth-order valence-corrected chi connectivity index (χ4v) is 4.45. The van der Waals surface area contributed by atoms with E-state index in [0.717, 1.165) is 24.8 Å². The Bertz CT molecular complexity index is 330. The summed E-state index contributed by atoms with van der Waals surface area (Å²) >= 11 is 0. The summed E-state index contributed by atoms with van der Waals surface area (Å²) < 4.78 is 0. The van der Waals surface area contributed by atoms with Gasteiger partial charge in [0, 0.05) is 18.6 Å². The van der Waals surface area contributed by atoms with E-state index in [0.29, 0.717) is 18.0 Å². The third kappa shape index (κ3) is 2.67. The quantitative estimate of drug-likeness (QED) is 0.789. The van der Waals surface area contributed by atoms with Crippen molar-refractivity contribution in [2.75, 3.05) is 6.54 Å². The van der Waals surface area contributed by atoms with Gasteiger partial charge in [-0.15, -0.1) is 0 Å². The predicted molar refractivity (Wildman–Crippen MR) is 76.9 cm³/mol. The molecule has 1 saturated carbocycles. The van der Waals surface area contributed by atoms with Gasteiger partial charge in [-0.25, -0.2) is 0 Å². The van der Waals surface area contributed by atoms with Crippen LogP contribution < -0.4 is 5.32 Å². The second-order valence-corrected chi connectivity index (χ2v) is 7.12. The highest BCUT2D eigenvalue weighted by Crippen LogP contribution is 2.34. The Morgan fingerprint density at radius 3 is 2.63 bits per heavy atom. The Balaban J connectivity index is 1.61. The summed E-state index contributed by atoms with van der Waals surface area (Å²) in [6.07, 6.45) is 8.74. The largest absolute Gasteiger partial charge is 0.339 e. The summed E-state index contributed by atoms with van der Waals surface area (Å²) in [5.74, 6) is 1.92. The summed E-state index contributed by atoms with van der Waals surface area (Å²) in [6, 6.07) is 1.17. The molecule has 3 aliphatic rings. The average molecular weight is 264 g/mol. The van der Waals surface area contributed by atoms with Crippen LogP contribution in [0.3, 0.4) is 0 Å². The van der Waals surface area contributed by atoms with Gasteiger partial charge >= 0.3 is 0 Å². The molecule has 1 aliphatic carbocycles. The van der Waals surface area contributed by atoms with Crippen LogP contribution in [0.25, 0.3) is 0 Å². The van der Waals surface area contributed by atoms with Crippen molar-refractivity contribution >= 4 is 5.91 Å². The second-order valence-electron chi connectivity index (χ2n) is 7.12. The normalized spacial score (nSPS) is 43.1. The van der Waals surface area contributed by atoms with Crippen LogP contribution in [0.2, 0.25) is 0 Å². The molecule has 0 aromatic carbocycles. The fourth-order valence-electron chi connectivity index (χ4n) is 4.45. The number of nitrogens with one attached hydrogen (secondary N) is 1. The molecule has 2 aliphatic heterocycles. The summed E-state index contributed by atoms with van der Waals surface area (Å²) in [7, 11) is 0. The molecule has 0 radical (unpaired) electrons. The number of nitrogens with zero attached hydrogens (tertiary/aromatic N) is 1. The van der Waals surface area contributed by atoms with Crippen molar-refractivity contribution in [2.45, 2.75) is 76.9 Å². The van der Waals surface area contributed by atoms with E-state index in [2.05, 4.69) is 24.1 Å². The van der Waals surface area contributed by atoms with Gasteiger partial charge in [-0.1, -0.05) is 19.8 Å². The monoisotopic (exact) mass is 264 g/mol. The molecule has 2 saturated heterocycles. The van der Waals surface area contributed by atoms with Crippen LogP contribution >= 0.6 is 0 Å². The van der Waals surface area contributed by atoms with Crippen LogP contribution in [0.5, 0.6) is 0 Å². The highest BCUT2D eigenvalue weighted by molar-refractivity contribution is 5.82. The van der Waals surface area contributed by atoms with E-state index in [-0.39, 0.29) is 6.04 Å². The molecule has 1 amide bonds. The van der Waals surface area contributed by atoms with Gasteiger partial charge in [-0.2, -0.15) is 0 Å². The van der Waals surface area contributed by atoms with Crippen molar-refractivity contribution in [3.63, 3.8) is 0 Å². The minimum Gasteiger partial charge on any atom is -0.339 e. The van der Waals surface area contributed by atoms with E-state index in [1.807, 2.05) is 0 Å². The maximum atomic E-state index is 12.7. The molecular formula is C16H28N2O. The lowest BCUT2D eigenvalue weighted by Gasteiger charge is -2.38. The van der Waals surface area contributed by atoms with Crippen molar-refractivity contribution in [3.05, 3.63) is 0 Å². The summed E-state index contributed by atoms with van der Waals surface area (Å²) in [5.41, 5.74) is 0. The Hall–Kier alpha value is -0.570. The smallest absolute Gasteiger partial charge is 0.239 e. The lowest BCUT2D eigenvalue weighted by Crippen LogP contribution is -2.51. The maximum Gasteiger partial charge on any atom is 0.239 e. The number of rotatable bonds is 1. The number of likely N-dealkylation sites (tertiary alicyclic amines) is 1. The summed E-state index contributed by atoms with van der Waals surface area (Å²) in [5, 5.41) is 3.63. The molecule has 5 unspecified atom stereocenters. The Labute approximate surface area is 117 Å². The zero-order chi connectivity index (χ0) is 13.4. The van der Waals surface area contributed by atoms with E-state index in [1.54, 1.807) is 0 Å². The van der Waals surface area contributed by atoms with Crippen molar-refractivity contribution in [1.82, 2.24) is 10.2 Å². The van der Waals surface area contributed by atoms with Crippen LogP contribution in [0.15, 0.2) is 0 Å². The molecule has 2 heterocycles. The molecule has 0 bridgehead atoms. The molecule has 0 aromatic heterocycles. The van der Waals surface area contributed by atoms with Gasteiger partial charge in [0.2, 0.25) is 5.91 Å². The zero-order valence-corrected chi connectivity index (χ0v) is 12.4. The van der Waals surface area contributed by atoms with Gasteiger partial charge in [0.15, 0.2) is 0 Å². The molecule has 0 spiro atoms. The first-order valence-corrected chi connectivity index (χ1v) is 8.21. The first-order chi connectivity index (χ1) is 9.15. The van der Waals surface area contributed by atoms with Crippen molar-refractivity contribution < 1.29 is 4.79 Å². The topological polar surface area (TPSA) is 32.3 Å². The molecule has 5 atom stereocenters.